The van der Waals surface area contributed by atoms with E-state index in [0.29, 0.717) is 19.5 Å². The molecule has 1 aromatic rings. The van der Waals surface area contributed by atoms with Gasteiger partial charge in [-0.1, -0.05) is 35.5 Å². The van der Waals surface area contributed by atoms with Gasteiger partial charge in [-0.3, -0.25) is 0 Å². The summed E-state index contributed by atoms with van der Waals surface area (Å²) in [5.74, 6) is 0. The first-order valence-electron chi connectivity index (χ1n) is 6.97. The zero-order valence-corrected chi connectivity index (χ0v) is 11.3. The molecule has 2 heterocycles. The van der Waals surface area contributed by atoms with Crippen LogP contribution in [0.25, 0.3) is 0 Å². The summed E-state index contributed by atoms with van der Waals surface area (Å²) >= 11 is 0. The van der Waals surface area contributed by atoms with E-state index in [1.54, 1.807) is 0 Å². The fourth-order valence-electron chi connectivity index (χ4n) is 2.93. The predicted octanol–water partition coefficient (Wildman–Crippen LogP) is 2.71. The lowest BCUT2D eigenvalue weighted by molar-refractivity contribution is -0.0288. The molecule has 0 aliphatic carbocycles. The number of hydrogen-bond acceptors (Lipinski definition) is 3. The Morgan fingerprint density at radius 1 is 1.25 bits per heavy atom. The smallest absolute Gasteiger partial charge is 0.407 e. The molecular weight excluding hydrogens is 256 g/mol. The highest BCUT2D eigenvalue weighted by atomic mass is 16.7. The van der Waals surface area contributed by atoms with Crippen LogP contribution in [-0.4, -0.2) is 40.5 Å². The highest BCUT2D eigenvalue weighted by Gasteiger charge is 2.41. The van der Waals surface area contributed by atoms with Crippen molar-refractivity contribution >= 4 is 11.8 Å². The van der Waals surface area contributed by atoms with Crippen molar-refractivity contribution < 1.29 is 14.7 Å². The highest BCUT2D eigenvalue weighted by molar-refractivity contribution is 6.01. The molecule has 106 valence electrons. The maximum atomic E-state index is 11.1. The van der Waals surface area contributed by atoms with Crippen LogP contribution in [0.15, 0.2) is 35.5 Å². The summed E-state index contributed by atoms with van der Waals surface area (Å²) in [6.45, 7) is 1.11. The largest absolute Gasteiger partial charge is 0.465 e. The molecule has 1 saturated heterocycles. The second-order valence-electron chi connectivity index (χ2n) is 5.48. The zero-order valence-electron chi connectivity index (χ0n) is 11.3. The SMILES string of the molecule is O=C(O)N1CCCC2(CC1)CC(c1ccccc1)=NO2. The van der Waals surface area contributed by atoms with E-state index < -0.39 is 6.09 Å². The Morgan fingerprint density at radius 2 is 2.05 bits per heavy atom. The first-order valence-corrected chi connectivity index (χ1v) is 6.97. The minimum atomic E-state index is -0.843. The van der Waals surface area contributed by atoms with Crippen LogP contribution in [0.1, 0.15) is 31.2 Å². The second-order valence-corrected chi connectivity index (χ2v) is 5.48. The van der Waals surface area contributed by atoms with Crippen molar-refractivity contribution in [2.75, 3.05) is 13.1 Å². The van der Waals surface area contributed by atoms with Crippen molar-refractivity contribution in [1.82, 2.24) is 4.90 Å². The molecule has 1 N–H and O–H groups in total. The Hall–Kier alpha value is -2.04. The Morgan fingerprint density at radius 3 is 2.80 bits per heavy atom. The number of oxime groups is 1. The van der Waals surface area contributed by atoms with Crippen molar-refractivity contribution in [1.29, 1.82) is 0 Å². The van der Waals surface area contributed by atoms with E-state index in [4.69, 9.17) is 9.94 Å². The van der Waals surface area contributed by atoms with Crippen LogP contribution in [0.4, 0.5) is 4.79 Å². The van der Waals surface area contributed by atoms with E-state index in [2.05, 4.69) is 5.16 Å². The molecule has 2 aliphatic heterocycles. The van der Waals surface area contributed by atoms with Gasteiger partial charge in [-0.2, -0.15) is 0 Å². The molecule has 20 heavy (non-hydrogen) atoms. The Labute approximate surface area is 117 Å². The van der Waals surface area contributed by atoms with Crippen molar-refractivity contribution in [2.24, 2.45) is 5.16 Å². The number of benzene rings is 1. The molecule has 2 aliphatic rings. The predicted molar refractivity (Wildman–Crippen MR) is 74.9 cm³/mol. The molecule has 1 unspecified atom stereocenters. The highest BCUT2D eigenvalue weighted by Crippen LogP contribution is 2.36. The van der Waals surface area contributed by atoms with Crippen LogP contribution in [0.3, 0.4) is 0 Å². The van der Waals surface area contributed by atoms with Crippen molar-refractivity contribution in [3.63, 3.8) is 0 Å². The van der Waals surface area contributed by atoms with E-state index in [-0.39, 0.29) is 5.60 Å². The van der Waals surface area contributed by atoms with Crippen LogP contribution in [0.2, 0.25) is 0 Å². The van der Waals surface area contributed by atoms with Gasteiger partial charge in [0.15, 0.2) is 0 Å². The number of likely N-dealkylation sites (tertiary alicyclic amines) is 1. The van der Waals surface area contributed by atoms with Gasteiger partial charge in [0.1, 0.15) is 5.60 Å². The third kappa shape index (κ3) is 2.48. The molecule has 0 bridgehead atoms. The molecule has 1 atom stereocenters. The molecule has 5 nitrogen and oxygen atoms in total. The van der Waals surface area contributed by atoms with E-state index in [1.807, 2.05) is 30.3 Å². The minimum absolute atomic E-state index is 0.310. The van der Waals surface area contributed by atoms with Gasteiger partial charge >= 0.3 is 6.09 Å². The number of carbonyl (C=O) groups is 1. The Kier molecular flexibility index (Phi) is 3.34. The minimum Gasteiger partial charge on any atom is -0.465 e. The monoisotopic (exact) mass is 274 g/mol. The third-order valence-corrected chi connectivity index (χ3v) is 4.11. The summed E-state index contributed by atoms with van der Waals surface area (Å²) in [6, 6.07) is 10.0. The summed E-state index contributed by atoms with van der Waals surface area (Å²) in [6.07, 6.45) is 2.31. The first kappa shape index (κ1) is 13.0. The molecule has 3 rings (SSSR count). The zero-order chi connectivity index (χ0) is 14.0. The van der Waals surface area contributed by atoms with Crippen molar-refractivity contribution in [2.45, 2.75) is 31.3 Å². The van der Waals surface area contributed by atoms with E-state index in [0.717, 1.165) is 30.5 Å². The fourth-order valence-corrected chi connectivity index (χ4v) is 2.93. The number of rotatable bonds is 1. The quantitative estimate of drug-likeness (QED) is 0.856. The Balaban J connectivity index is 1.70. The van der Waals surface area contributed by atoms with Gasteiger partial charge in [-0.15, -0.1) is 0 Å². The molecule has 1 fully saturated rings. The lowest BCUT2D eigenvalue weighted by Gasteiger charge is -2.24. The van der Waals surface area contributed by atoms with E-state index >= 15 is 0 Å². The number of hydrogen-bond donors (Lipinski definition) is 1. The molecule has 0 aromatic heterocycles. The van der Waals surface area contributed by atoms with Gasteiger partial charge in [-0.25, -0.2) is 4.79 Å². The third-order valence-electron chi connectivity index (χ3n) is 4.11. The molecule has 1 amide bonds. The van der Waals surface area contributed by atoms with Gasteiger partial charge in [0.05, 0.1) is 5.71 Å². The molecule has 0 radical (unpaired) electrons. The Bertz CT molecular complexity index is 529. The van der Waals surface area contributed by atoms with Crippen LogP contribution >= 0.6 is 0 Å². The maximum absolute atomic E-state index is 11.1. The average Bonchev–Trinajstić information content (AvgIpc) is 2.75. The van der Waals surface area contributed by atoms with Crippen molar-refractivity contribution in [3.05, 3.63) is 35.9 Å². The fraction of sp³-hybridized carbons (Fsp3) is 0.467. The molecule has 0 saturated carbocycles. The van der Waals surface area contributed by atoms with E-state index in [1.165, 1.54) is 4.90 Å². The van der Waals surface area contributed by atoms with Crippen LogP contribution in [0, 0.1) is 0 Å². The van der Waals surface area contributed by atoms with Gasteiger partial charge in [0.2, 0.25) is 0 Å². The molecule has 1 spiro atoms. The maximum Gasteiger partial charge on any atom is 0.407 e. The van der Waals surface area contributed by atoms with Gasteiger partial charge in [0, 0.05) is 25.9 Å². The van der Waals surface area contributed by atoms with Gasteiger partial charge < -0.3 is 14.8 Å². The van der Waals surface area contributed by atoms with Crippen LogP contribution in [-0.2, 0) is 4.84 Å². The summed E-state index contributed by atoms with van der Waals surface area (Å²) in [5, 5.41) is 13.3. The standard InChI is InChI=1S/C15H18N2O3/c18-14(19)17-9-4-7-15(8-10-17)11-13(16-20-15)12-5-2-1-3-6-12/h1-3,5-6H,4,7-11H2,(H,18,19). The van der Waals surface area contributed by atoms with E-state index in [9.17, 15) is 4.79 Å². The normalized spacial score (nSPS) is 26.0. The first-order chi connectivity index (χ1) is 9.69. The summed E-state index contributed by atoms with van der Waals surface area (Å²) in [5.41, 5.74) is 1.74. The van der Waals surface area contributed by atoms with Crippen LogP contribution < -0.4 is 0 Å². The number of carboxylic acid groups (broad SMARTS) is 1. The molecule has 5 heteroatoms. The molecule has 1 aromatic carbocycles. The topological polar surface area (TPSA) is 62.1 Å². The summed E-state index contributed by atoms with van der Waals surface area (Å²) in [7, 11) is 0. The summed E-state index contributed by atoms with van der Waals surface area (Å²) < 4.78 is 0. The van der Waals surface area contributed by atoms with Crippen LogP contribution in [0.5, 0.6) is 0 Å². The lowest BCUT2D eigenvalue weighted by Crippen LogP contribution is -2.33. The molecular formula is C15H18N2O3. The second kappa shape index (κ2) is 5.15. The van der Waals surface area contributed by atoms with Crippen molar-refractivity contribution in [3.8, 4) is 0 Å². The summed E-state index contributed by atoms with van der Waals surface area (Å²) in [4.78, 5) is 18.2. The average molecular weight is 274 g/mol. The number of amides is 1. The van der Waals surface area contributed by atoms with Gasteiger partial charge in [-0.05, 0) is 18.4 Å². The van der Waals surface area contributed by atoms with Gasteiger partial charge in [0.25, 0.3) is 0 Å². The lowest BCUT2D eigenvalue weighted by atomic mass is 9.88. The number of nitrogens with zero attached hydrogens (tertiary/aromatic N) is 2.